The number of nitrogens with zero attached hydrogens (tertiary/aromatic N) is 2. The van der Waals surface area contributed by atoms with Gasteiger partial charge in [-0.3, -0.25) is 14.0 Å². The molecule has 0 aliphatic rings. The van der Waals surface area contributed by atoms with Crippen LogP contribution in [0, 0.1) is 0 Å². The number of benzene rings is 2. The van der Waals surface area contributed by atoms with E-state index in [2.05, 4.69) is 15.3 Å². The van der Waals surface area contributed by atoms with Gasteiger partial charge in [0.05, 0.1) is 17.2 Å². The van der Waals surface area contributed by atoms with Crippen molar-refractivity contribution in [3.8, 4) is 11.4 Å². The van der Waals surface area contributed by atoms with Crippen LogP contribution < -0.4 is 10.9 Å². The summed E-state index contributed by atoms with van der Waals surface area (Å²) in [5.41, 5.74) is 3.01. The summed E-state index contributed by atoms with van der Waals surface area (Å²) in [6.45, 7) is 0. The van der Waals surface area contributed by atoms with E-state index < -0.39 is 0 Å². The van der Waals surface area contributed by atoms with Gasteiger partial charge in [0.25, 0.3) is 11.5 Å². The highest BCUT2D eigenvalue weighted by Gasteiger charge is 2.14. The quantitative estimate of drug-likeness (QED) is 0.595. The molecular formula is C18H14N4O2. The van der Waals surface area contributed by atoms with Gasteiger partial charge in [0.15, 0.2) is 0 Å². The highest BCUT2D eigenvalue weighted by Crippen LogP contribution is 2.23. The number of carbonyl (C=O) groups excluding carboxylic acids is 1. The van der Waals surface area contributed by atoms with Crippen LogP contribution in [-0.4, -0.2) is 27.3 Å². The second-order valence-electron chi connectivity index (χ2n) is 5.43. The molecule has 6 nitrogen and oxygen atoms in total. The Bertz CT molecular complexity index is 1130. The molecule has 24 heavy (non-hydrogen) atoms. The zero-order valence-corrected chi connectivity index (χ0v) is 12.9. The van der Waals surface area contributed by atoms with Crippen LogP contribution in [0.1, 0.15) is 10.4 Å². The third kappa shape index (κ3) is 2.08. The summed E-state index contributed by atoms with van der Waals surface area (Å²) in [5.74, 6) is 0.480. The van der Waals surface area contributed by atoms with E-state index in [1.54, 1.807) is 35.8 Å². The van der Waals surface area contributed by atoms with E-state index in [1.165, 1.54) is 0 Å². The second-order valence-corrected chi connectivity index (χ2v) is 5.43. The predicted octanol–water partition coefficient (Wildman–Crippen LogP) is 2.20. The fourth-order valence-electron chi connectivity index (χ4n) is 2.84. The Hall–Kier alpha value is -3.41. The van der Waals surface area contributed by atoms with Crippen molar-refractivity contribution in [2.45, 2.75) is 0 Å². The first kappa shape index (κ1) is 14.2. The Morgan fingerprint density at radius 2 is 1.92 bits per heavy atom. The molecule has 0 fully saturated rings. The predicted molar refractivity (Wildman–Crippen MR) is 92.1 cm³/mol. The van der Waals surface area contributed by atoms with E-state index in [9.17, 15) is 9.59 Å². The van der Waals surface area contributed by atoms with E-state index in [-0.39, 0.29) is 11.5 Å². The number of aromatic amines is 1. The minimum atomic E-state index is -0.218. The highest BCUT2D eigenvalue weighted by atomic mass is 16.1. The van der Waals surface area contributed by atoms with Crippen molar-refractivity contribution in [3.05, 3.63) is 70.6 Å². The maximum absolute atomic E-state index is 12.3. The van der Waals surface area contributed by atoms with Crippen LogP contribution in [0.25, 0.3) is 27.9 Å². The van der Waals surface area contributed by atoms with Gasteiger partial charge in [-0.2, -0.15) is 0 Å². The number of aromatic nitrogens is 3. The number of H-pyrrole nitrogens is 1. The molecule has 4 aromatic rings. The molecule has 4 rings (SSSR count). The monoisotopic (exact) mass is 318 g/mol. The number of amides is 1. The summed E-state index contributed by atoms with van der Waals surface area (Å²) >= 11 is 0. The molecule has 118 valence electrons. The smallest absolute Gasteiger partial charge is 0.274 e. The first-order valence-electron chi connectivity index (χ1n) is 7.50. The third-order valence-electron chi connectivity index (χ3n) is 4.00. The van der Waals surface area contributed by atoms with Gasteiger partial charge >= 0.3 is 0 Å². The number of nitrogens with one attached hydrogen (secondary N) is 2. The van der Waals surface area contributed by atoms with Crippen molar-refractivity contribution in [2.75, 3.05) is 7.05 Å². The molecular weight excluding hydrogens is 304 g/mol. The van der Waals surface area contributed by atoms with Crippen LogP contribution in [0.3, 0.4) is 0 Å². The Morgan fingerprint density at radius 3 is 2.67 bits per heavy atom. The molecule has 1 amide bonds. The van der Waals surface area contributed by atoms with Crippen LogP contribution >= 0.6 is 0 Å². The molecule has 6 heteroatoms. The standard InChI is InChI=1S/C18H14N4O2/c1-19-17(23)12-7-8-13-14(9-12)22-15(18(24)21-13)10-20-16(22)11-5-3-2-4-6-11/h2-10H,1H3,(H,19,23)(H,21,24). The lowest BCUT2D eigenvalue weighted by Gasteiger charge is -2.08. The second kappa shape index (κ2) is 5.34. The van der Waals surface area contributed by atoms with E-state index in [4.69, 9.17) is 0 Å². The van der Waals surface area contributed by atoms with Gasteiger partial charge in [-0.05, 0) is 18.2 Å². The van der Waals surface area contributed by atoms with Crippen molar-refractivity contribution in [1.82, 2.24) is 19.7 Å². The zero-order chi connectivity index (χ0) is 16.7. The van der Waals surface area contributed by atoms with Crippen molar-refractivity contribution in [2.24, 2.45) is 0 Å². The normalized spacial score (nSPS) is 11.0. The molecule has 0 unspecified atom stereocenters. The topological polar surface area (TPSA) is 79.3 Å². The van der Waals surface area contributed by atoms with E-state index >= 15 is 0 Å². The van der Waals surface area contributed by atoms with Gasteiger partial charge in [0.1, 0.15) is 11.3 Å². The van der Waals surface area contributed by atoms with Crippen LogP contribution in [0.5, 0.6) is 0 Å². The van der Waals surface area contributed by atoms with Gasteiger partial charge in [-0.1, -0.05) is 30.3 Å². The molecule has 0 saturated carbocycles. The summed E-state index contributed by atoms with van der Waals surface area (Å²) in [7, 11) is 1.58. The molecule has 2 N–H and O–H groups in total. The Morgan fingerprint density at radius 1 is 1.12 bits per heavy atom. The van der Waals surface area contributed by atoms with Gasteiger partial charge in [-0.25, -0.2) is 4.98 Å². The molecule has 0 aliphatic heterocycles. The first-order chi connectivity index (χ1) is 11.7. The molecule has 2 aromatic carbocycles. The number of carbonyl (C=O) groups is 1. The molecule has 2 aromatic heterocycles. The largest absolute Gasteiger partial charge is 0.355 e. The lowest BCUT2D eigenvalue weighted by atomic mass is 10.1. The average molecular weight is 318 g/mol. The van der Waals surface area contributed by atoms with Gasteiger partial charge in [-0.15, -0.1) is 0 Å². The molecule has 0 saturated heterocycles. The Labute approximate surface area is 136 Å². The van der Waals surface area contributed by atoms with E-state index in [0.29, 0.717) is 22.4 Å². The molecule has 0 bridgehead atoms. The molecule has 0 radical (unpaired) electrons. The maximum Gasteiger partial charge on any atom is 0.274 e. The summed E-state index contributed by atoms with van der Waals surface area (Å²) in [4.78, 5) is 31.5. The minimum Gasteiger partial charge on any atom is -0.355 e. The number of fused-ring (bicyclic) bond motifs is 3. The molecule has 2 heterocycles. The summed E-state index contributed by atoms with van der Waals surface area (Å²) < 4.78 is 1.79. The average Bonchev–Trinajstić information content (AvgIpc) is 3.08. The van der Waals surface area contributed by atoms with Crippen molar-refractivity contribution in [3.63, 3.8) is 0 Å². The summed E-state index contributed by atoms with van der Waals surface area (Å²) in [5, 5.41) is 2.61. The van der Waals surface area contributed by atoms with Crippen LogP contribution in [-0.2, 0) is 0 Å². The van der Waals surface area contributed by atoms with Gasteiger partial charge in [0, 0.05) is 18.2 Å². The number of rotatable bonds is 2. The molecule has 0 spiro atoms. The van der Waals surface area contributed by atoms with Crippen molar-refractivity contribution in [1.29, 1.82) is 0 Å². The van der Waals surface area contributed by atoms with Gasteiger partial charge in [0.2, 0.25) is 0 Å². The Kier molecular flexibility index (Phi) is 3.16. The minimum absolute atomic E-state index is 0.183. The first-order valence-corrected chi connectivity index (χ1v) is 7.50. The maximum atomic E-state index is 12.3. The van der Waals surface area contributed by atoms with Gasteiger partial charge < -0.3 is 10.3 Å². The molecule has 0 aliphatic carbocycles. The fourth-order valence-corrected chi connectivity index (χ4v) is 2.84. The molecule has 0 atom stereocenters. The van der Waals surface area contributed by atoms with E-state index in [0.717, 1.165) is 11.1 Å². The number of hydrogen-bond donors (Lipinski definition) is 2. The fraction of sp³-hybridized carbons (Fsp3) is 0.0556. The lowest BCUT2D eigenvalue weighted by Crippen LogP contribution is -2.18. The van der Waals surface area contributed by atoms with Crippen LogP contribution in [0.4, 0.5) is 0 Å². The Balaban J connectivity index is 2.12. The number of hydrogen-bond acceptors (Lipinski definition) is 3. The van der Waals surface area contributed by atoms with Crippen molar-refractivity contribution < 1.29 is 4.79 Å². The van der Waals surface area contributed by atoms with E-state index in [1.807, 2.05) is 30.3 Å². The van der Waals surface area contributed by atoms with Crippen LogP contribution in [0.2, 0.25) is 0 Å². The summed E-state index contributed by atoms with van der Waals surface area (Å²) in [6.07, 6.45) is 1.55. The third-order valence-corrected chi connectivity index (χ3v) is 4.00. The highest BCUT2D eigenvalue weighted by molar-refractivity contribution is 5.97. The van der Waals surface area contributed by atoms with Crippen molar-refractivity contribution >= 4 is 22.5 Å². The lowest BCUT2D eigenvalue weighted by molar-refractivity contribution is 0.0963. The number of imidazole rings is 1. The zero-order valence-electron chi connectivity index (χ0n) is 12.9. The summed E-state index contributed by atoms with van der Waals surface area (Å²) in [6, 6.07) is 14.8. The SMILES string of the molecule is CNC(=O)c1ccc2[nH]c(=O)c3cnc(-c4ccccc4)n3c2c1. The van der Waals surface area contributed by atoms with Crippen LogP contribution in [0.15, 0.2) is 59.5 Å².